The van der Waals surface area contributed by atoms with Crippen LogP contribution in [0.1, 0.15) is 43.5 Å². The summed E-state index contributed by atoms with van der Waals surface area (Å²) in [6.07, 6.45) is 2.42. The molecule has 1 aliphatic rings. The average Bonchev–Trinajstić information content (AvgIpc) is 2.60. The molecule has 3 heteroatoms. The fraction of sp³-hybridized carbons (Fsp3) is 0.600. The second kappa shape index (κ2) is 4.97. The maximum absolute atomic E-state index is 9.25. The lowest BCUT2D eigenvalue weighted by molar-refractivity contribution is 0.435. The Morgan fingerprint density at radius 3 is 2.61 bits per heavy atom. The molecule has 2 rings (SSSR count). The van der Waals surface area contributed by atoms with Crippen LogP contribution in [0.4, 0.5) is 5.82 Å². The molecule has 0 bridgehead atoms. The van der Waals surface area contributed by atoms with E-state index in [4.69, 9.17) is 0 Å². The first kappa shape index (κ1) is 12.9. The Morgan fingerprint density at radius 2 is 2.06 bits per heavy atom. The molecule has 0 spiro atoms. The average molecular weight is 243 g/mol. The summed E-state index contributed by atoms with van der Waals surface area (Å²) in [4.78, 5) is 4.49. The van der Waals surface area contributed by atoms with Crippen molar-refractivity contribution in [2.24, 2.45) is 11.8 Å². The van der Waals surface area contributed by atoms with Crippen molar-refractivity contribution in [2.75, 3.05) is 5.32 Å². The number of hydrogen-bond acceptors (Lipinski definition) is 3. The van der Waals surface area contributed by atoms with Crippen LogP contribution in [0.5, 0.6) is 0 Å². The molecule has 1 fully saturated rings. The molecule has 1 N–H and O–H groups in total. The van der Waals surface area contributed by atoms with E-state index in [0.29, 0.717) is 17.5 Å². The molecule has 1 heterocycles. The van der Waals surface area contributed by atoms with Crippen LogP contribution in [-0.2, 0) is 0 Å². The number of anilines is 1. The molecule has 0 saturated heterocycles. The first-order chi connectivity index (χ1) is 8.52. The van der Waals surface area contributed by atoms with Gasteiger partial charge in [0.05, 0.1) is 5.56 Å². The second-order valence-corrected chi connectivity index (χ2v) is 5.58. The van der Waals surface area contributed by atoms with Crippen LogP contribution in [0.3, 0.4) is 0 Å². The van der Waals surface area contributed by atoms with Gasteiger partial charge in [-0.25, -0.2) is 4.98 Å². The zero-order valence-corrected chi connectivity index (χ0v) is 11.6. The minimum Gasteiger partial charge on any atom is -0.366 e. The van der Waals surface area contributed by atoms with Gasteiger partial charge in [0, 0.05) is 11.7 Å². The van der Waals surface area contributed by atoms with Crippen molar-refractivity contribution in [2.45, 2.75) is 46.6 Å². The van der Waals surface area contributed by atoms with Gasteiger partial charge in [-0.05, 0) is 50.2 Å². The number of aromatic nitrogens is 1. The van der Waals surface area contributed by atoms with Crippen molar-refractivity contribution in [1.82, 2.24) is 4.98 Å². The monoisotopic (exact) mass is 243 g/mol. The van der Waals surface area contributed by atoms with E-state index in [9.17, 15) is 5.26 Å². The maximum atomic E-state index is 9.25. The second-order valence-electron chi connectivity index (χ2n) is 5.58. The summed E-state index contributed by atoms with van der Waals surface area (Å²) in [7, 11) is 0. The van der Waals surface area contributed by atoms with Crippen LogP contribution in [0, 0.1) is 37.0 Å². The van der Waals surface area contributed by atoms with E-state index in [1.165, 1.54) is 12.8 Å². The minimum absolute atomic E-state index is 0.445. The summed E-state index contributed by atoms with van der Waals surface area (Å²) < 4.78 is 0. The highest BCUT2D eigenvalue weighted by Gasteiger charge is 2.30. The van der Waals surface area contributed by atoms with Gasteiger partial charge in [0.25, 0.3) is 0 Å². The van der Waals surface area contributed by atoms with E-state index < -0.39 is 0 Å². The fourth-order valence-corrected chi connectivity index (χ4v) is 2.83. The Labute approximate surface area is 109 Å². The lowest BCUT2D eigenvalue weighted by Crippen LogP contribution is -2.25. The molecule has 1 aromatic heterocycles. The SMILES string of the molecule is Cc1cc(C)c(C#N)c(NC2CCC(C)C2C)n1. The van der Waals surface area contributed by atoms with Gasteiger partial charge in [-0.1, -0.05) is 13.8 Å². The molecule has 96 valence electrons. The van der Waals surface area contributed by atoms with E-state index in [2.05, 4.69) is 30.2 Å². The normalized spacial score (nSPS) is 26.9. The number of nitriles is 1. The van der Waals surface area contributed by atoms with Gasteiger partial charge in [-0.2, -0.15) is 5.26 Å². The molecule has 18 heavy (non-hydrogen) atoms. The quantitative estimate of drug-likeness (QED) is 0.865. The van der Waals surface area contributed by atoms with Crippen LogP contribution in [0.2, 0.25) is 0 Å². The van der Waals surface area contributed by atoms with Crippen molar-refractivity contribution in [3.63, 3.8) is 0 Å². The Kier molecular flexibility index (Phi) is 3.56. The van der Waals surface area contributed by atoms with Crippen molar-refractivity contribution < 1.29 is 0 Å². The first-order valence-corrected chi connectivity index (χ1v) is 6.67. The highest BCUT2D eigenvalue weighted by Crippen LogP contribution is 2.33. The van der Waals surface area contributed by atoms with Crippen LogP contribution >= 0.6 is 0 Å². The highest BCUT2D eigenvalue weighted by atomic mass is 15.0. The number of nitrogens with one attached hydrogen (secondary N) is 1. The van der Waals surface area contributed by atoms with E-state index in [1.54, 1.807) is 0 Å². The molecule has 3 unspecified atom stereocenters. The van der Waals surface area contributed by atoms with E-state index in [0.717, 1.165) is 23.0 Å². The lowest BCUT2D eigenvalue weighted by atomic mass is 9.97. The van der Waals surface area contributed by atoms with Gasteiger partial charge in [-0.3, -0.25) is 0 Å². The van der Waals surface area contributed by atoms with E-state index in [-0.39, 0.29) is 0 Å². The number of nitrogens with zero attached hydrogens (tertiary/aromatic N) is 2. The predicted octanol–water partition coefficient (Wildman–Crippen LogP) is 3.42. The predicted molar refractivity (Wildman–Crippen MR) is 73.4 cm³/mol. The van der Waals surface area contributed by atoms with E-state index in [1.807, 2.05) is 19.9 Å². The smallest absolute Gasteiger partial charge is 0.144 e. The molecule has 3 nitrogen and oxygen atoms in total. The molecular formula is C15H21N3. The summed E-state index contributed by atoms with van der Waals surface area (Å²) in [6.45, 7) is 8.52. The van der Waals surface area contributed by atoms with Crippen LogP contribution < -0.4 is 5.32 Å². The van der Waals surface area contributed by atoms with Crippen LogP contribution in [0.25, 0.3) is 0 Å². The summed E-state index contributed by atoms with van der Waals surface area (Å²) in [5.74, 6) is 2.15. The molecule has 0 amide bonds. The topological polar surface area (TPSA) is 48.7 Å². The zero-order valence-electron chi connectivity index (χ0n) is 11.6. The lowest BCUT2D eigenvalue weighted by Gasteiger charge is -2.21. The molecule has 1 aliphatic carbocycles. The molecule has 3 atom stereocenters. The molecule has 1 saturated carbocycles. The number of aryl methyl sites for hydroxylation is 2. The Hall–Kier alpha value is -1.56. The maximum Gasteiger partial charge on any atom is 0.144 e. The third-order valence-electron chi connectivity index (χ3n) is 4.24. The third kappa shape index (κ3) is 2.33. The van der Waals surface area contributed by atoms with Crippen molar-refractivity contribution in [1.29, 1.82) is 5.26 Å². The van der Waals surface area contributed by atoms with Gasteiger partial charge >= 0.3 is 0 Å². The standard InChI is InChI=1S/C15H21N3/c1-9-5-6-14(12(9)4)18-15-13(8-16)10(2)7-11(3)17-15/h7,9,12,14H,5-6H2,1-4H3,(H,17,18). The minimum atomic E-state index is 0.445. The Balaban J connectivity index is 2.27. The first-order valence-electron chi connectivity index (χ1n) is 6.67. The fourth-order valence-electron chi connectivity index (χ4n) is 2.83. The molecule has 0 aromatic carbocycles. The largest absolute Gasteiger partial charge is 0.366 e. The van der Waals surface area contributed by atoms with E-state index >= 15 is 0 Å². The van der Waals surface area contributed by atoms with Gasteiger partial charge < -0.3 is 5.32 Å². The molecule has 0 radical (unpaired) electrons. The third-order valence-corrected chi connectivity index (χ3v) is 4.24. The van der Waals surface area contributed by atoms with Gasteiger partial charge in [-0.15, -0.1) is 0 Å². The number of pyridine rings is 1. The number of hydrogen-bond donors (Lipinski definition) is 1. The summed E-state index contributed by atoms with van der Waals surface area (Å²) in [5, 5.41) is 12.7. The number of rotatable bonds is 2. The van der Waals surface area contributed by atoms with Crippen LogP contribution in [0.15, 0.2) is 6.07 Å². The molecule has 0 aliphatic heterocycles. The summed E-state index contributed by atoms with van der Waals surface area (Å²) in [5.41, 5.74) is 2.66. The Bertz CT molecular complexity index is 487. The van der Waals surface area contributed by atoms with Crippen molar-refractivity contribution in [3.8, 4) is 6.07 Å². The van der Waals surface area contributed by atoms with Gasteiger partial charge in [0.2, 0.25) is 0 Å². The molecule has 1 aromatic rings. The van der Waals surface area contributed by atoms with Crippen molar-refractivity contribution >= 4 is 5.82 Å². The van der Waals surface area contributed by atoms with Crippen LogP contribution in [-0.4, -0.2) is 11.0 Å². The zero-order chi connectivity index (χ0) is 13.3. The summed E-state index contributed by atoms with van der Waals surface area (Å²) >= 11 is 0. The highest BCUT2D eigenvalue weighted by molar-refractivity contribution is 5.57. The summed E-state index contributed by atoms with van der Waals surface area (Å²) in [6, 6.07) is 4.67. The Morgan fingerprint density at radius 1 is 1.33 bits per heavy atom. The molecular weight excluding hydrogens is 222 g/mol. The van der Waals surface area contributed by atoms with Gasteiger partial charge in [0.1, 0.15) is 11.9 Å². The van der Waals surface area contributed by atoms with Crippen molar-refractivity contribution in [3.05, 3.63) is 22.9 Å². The van der Waals surface area contributed by atoms with Gasteiger partial charge in [0.15, 0.2) is 0 Å².